The normalized spacial score (nSPS) is 23.3. The van der Waals surface area contributed by atoms with E-state index in [1.807, 2.05) is 6.08 Å². The number of allylic oxidation sites excluding steroid dienone is 1. The van der Waals surface area contributed by atoms with Crippen LogP contribution in [0.2, 0.25) is 0 Å². The average molecular weight is 195 g/mol. The number of hydrogen-bond donors (Lipinski definition) is 1. The molecule has 0 radical (unpaired) electrons. The molecule has 0 unspecified atom stereocenters. The van der Waals surface area contributed by atoms with Crippen LogP contribution in [0, 0.1) is 0 Å². The predicted octanol–water partition coefficient (Wildman–Crippen LogP) is 1.45. The van der Waals surface area contributed by atoms with Crippen LogP contribution in [0.15, 0.2) is 24.9 Å². The van der Waals surface area contributed by atoms with Crippen molar-refractivity contribution in [2.75, 3.05) is 0 Å². The molecule has 1 amide bonds. The molecule has 1 aliphatic rings. The van der Waals surface area contributed by atoms with E-state index in [0.717, 1.165) is 12.8 Å². The minimum atomic E-state index is -0.369. The second-order valence-electron chi connectivity index (χ2n) is 3.65. The van der Waals surface area contributed by atoms with Gasteiger partial charge in [-0.2, -0.15) is 0 Å². The van der Waals surface area contributed by atoms with Crippen LogP contribution in [0.1, 0.15) is 26.2 Å². The summed E-state index contributed by atoms with van der Waals surface area (Å²) in [6, 6.07) is 0.116. The van der Waals surface area contributed by atoms with Gasteiger partial charge in [0.05, 0.1) is 6.10 Å². The first kappa shape index (κ1) is 11.0. The molecule has 2 atom stereocenters. The van der Waals surface area contributed by atoms with Gasteiger partial charge in [-0.15, -0.1) is 0 Å². The Morgan fingerprint density at radius 2 is 2.57 bits per heavy atom. The van der Waals surface area contributed by atoms with E-state index in [1.54, 1.807) is 18.0 Å². The number of carbonyl (C=O) groups excluding carboxylic acids is 1. The van der Waals surface area contributed by atoms with Gasteiger partial charge in [-0.3, -0.25) is 4.79 Å². The Hall–Kier alpha value is -1.09. The zero-order valence-electron chi connectivity index (χ0n) is 8.52. The zero-order valence-corrected chi connectivity index (χ0v) is 8.52. The standard InChI is InChI=1S/C11H17NO2/c1-3-11(14)12-7-5-4-6-10(12)8-9(2)13/h3,5,7,9-10,13H,1,4,6,8H2,2H3/t9-,10-/m1/s1. The number of aliphatic hydroxyl groups excluding tert-OH is 1. The molecule has 3 heteroatoms. The smallest absolute Gasteiger partial charge is 0.250 e. The summed E-state index contributed by atoms with van der Waals surface area (Å²) in [5.74, 6) is -0.0911. The van der Waals surface area contributed by atoms with E-state index in [1.165, 1.54) is 6.08 Å². The largest absolute Gasteiger partial charge is 0.393 e. The summed E-state index contributed by atoms with van der Waals surface area (Å²) in [6.45, 7) is 5.21. The molecule has 0 aromatic heterocycles. The van der Waals surface area contributed by atoms with Gasteiger partial charge in [-0.1, -0.05) is 12.7 Å². The highest BCUT2D eigenvalue weighted by Gasteiger charge is 2.23. The molecule has 0 fully saturated rings. The Labute approximate surface area is 84.7 Å². The van der Waals surface area contributed by atoms with Crippen LogP contribution in [0.5, 0.6) is 0 Å². The van der Waals surface area contributed by atoms with Gasteiger partial charge >= 0.3 is 0 Å². The first-order valence-electron chi connectivity index (χ1n) is 4.94. The molecule has 3 nitrogen and oxygen atoms in total. The highest BCUT2D eigenvalue weighted by molar-refractivity contribution is 5.88. The number of carbonyl (C=O) groups is 1. The van der Waals surface area contributed by atoms with Gasteiger partial charge in [-0.25, -0.2) is 0 Å². The van der Waals surface area contributed by atoms with E-state index >= 15 is 0 Å². The fraction of sp³-hybridized carbons (Fsp3) is 0.545. The van der Waals surface area contributed by atoms with Crippen LogP contribution < -0.4 is 0 Å². The van der Waals surface area contributed by atoms with Crippen molar-refractivity contribution < 1.29 is 9.90 Å². The van der Waals surface area contributed by atoms with Crippen LogP contribution in [-0.2, 0) is 4.79 Å². The zero-order chi connectivity index (χ0) is 10.6. The van der Waals surface area contributed by atoms with Gasteiger partial charge < -0.3 is 10.0 Å². The maximum Gasteiger partial charge on any atom is 0.250 e. The quantitative estimate of drug-likeness (QED) is 0.692. The van der Waals surface area contributed by atoms with Gasteiger partial charge in [0.2, 0.25) is 5.91 Å². The van der Waals surface area contributed by atoms with E-state index < -0.39 is 0 Å². The molecule has 78 valence electrons. The van der Waals surface area contributed by atoms with Crippen molar-refractivity contribution in [3.63, 3.8) is 0 Å². The average Bonchev–Trinajstić information content (AvgIpc) is 2.16. The van der Waals surface area contributed by atoms with E-state index in [4.69, 9.17) is 0 Å². The first-order valence-corrected chi connectivity index (χ1v) is 4.94. The number of hydrogen-bond acceptors (Lipinski definition) is 2. The molecule has 0 aromatic rings. The van der Waals surface area contributed by atoms with E-state index in [-0.39, 0.29) is 18.1 Å². The van der Waals surface area contributed by atoms with Crippen molar-refractivity contribution in [2.45, 2.75) is 38.3 Å². The second-order valence-corrected chi connectivity index (χ2v) is 3.65. The SMILES string of the molecule is C=CC(=O)N1C=CCC[C@@H]1C[C@@H](C)O. The van der Waals surface area contributed by atoms with E-state index in [0.29, 0.717) is 6.42 Å². The van der Waals surface area contributed by atoms with Crippen LogP contribution >= 0.6 is 0 Å². The molecule has 1 N–H and O–H groups in total. The molecule has 1 heterocycles. The van der Waals surface area contributed by atoms with Gasteiger partial charge in [0.15, 0.2) is 0 Å². The maximum atomic E-state index is 11.4. The third kappa shape index (κ3) is 2.70. The topological polar surface area (TPSA) is 40.5 Å². The Kier molecular flexibility index (Phi) is 3.89. The van der Waals surface area contributed by atoms with Crippen molar-refractivity contribution >= 4 is 5.91 Å². The minimum absolute atomic E-state index is 0.0911. The monoisotopic (exact) mass is 195 g/mol. The summed E-state index contributed by atoms with van der Waals surface area (Å²) in [4.78, 5) is 13.1. The number of amides is 1. The molecule has 0 aromatic carbocycles. The van der Waals surface area contributed by atoms with Crippen molar-refractivity contribution in [3.05, 3.63) is 24.9 Å². The summed E-state index contributed by atoms with van der Waals surface area (Å²) in [7, 11) is 0. The summed E-state index contributed by atoms with van der Waals surface area (Å²) >= 11 is 0. The Morgan fingerprint density at radius 3 is 3.14 bits per heavy atom. The molecule has 0 aliphatic carbocycles. The first-order chi connectivity index (χ1) is 6.65. The summed E-state index contributed by atoms with van der Waals surface area (Å²) in [5, 5.41) is 9.29. The highest BCUT2D eigenvalue weighted by Crippen LogP contribution is 2.19. The van der Waals surface area contributed by atoms with Crippen LogP contribution in [0.4, 0.5) is 0 Å². The lowest BCUT2D eigenvalue weighted by Gasteiger charge is -2.31. The summed E-state index contributed by atoms with van der Waals surface area (Å²) in [5.41, 5.74) is 0. The molecule has 0 saturated heterocycles. The molecule has 0 bridgehead atoms. The van der Waals surface area contributed by atoms with Crippen molar-refractivity contribution in [1.29, 1.82) is 0 Å². The van der Waals surface area contributed by atoms with Gasteiger partial charge in [0, 0.05) is 12.2 Å². The van der Waals surface area contributed by atoms with Crippen molar-refractivity contribution in [1.82, 2.24) is 4.90 Å². The highest BCUT2D eigenvalue weighted by atomic mass is 16.3. The number of rotatable bonds is 3. The molecular weight excluding hydrogens is 178 g/mol. The lowest BCUT2D eigenvalue weighted by molar-refractivity contribution is -0.126. The van der Waals surface area contributed by atoms with Gasteiger partial charge in [0.25, 0.3) is 0 Å². The van der Waals surface area contributed by atoms with E-state index in [9.17, 15) is 9.90 Å². The Balaban J connectivity index is 2.67. The Bertz CT molecular complexity index is 246. The summed E-state index contributed by atoms with van der Waals surface area (Å²) < 4.78 is 0. The fourth-order valence-corrected chi connectivity index (χ4v) is 1.72. The third-order valence-corrected chi connectivity index (χ3v) is 2.37. The third-order valence-electron chi connectivity index (χ3n) is 2.37. The Morgan fingerprint density at radius 1 is 1.86 bits per heavy atom. The maximum absolute atomic E-state index is 11.4. The predicted molar refractivity (Wildman–Crippen MR) is 55.5 cm³/mol. The van der Waals surface area contributed by atoms with Crippen molar-refractivity contribution in [2.24, 2.45) is 0 Å². The van der Waals surface area contributed by atoms with Gasteiger partial charge in [-0.05, 0) is 32.3 Å². The lowest BCUT2D eigenvalue weighted by Crippen LogP contribution is -2.38. The van der Waals surface area contributed by atoms with Crippen molar-refractivity contribution in [3.8, 4) is 0 Å². The molecule has 0 saturated carbocycles. The summed E-state index contributed by atoms with van der Waals surface area (Å²) in [6.07, 6.45) is 7.22. The fourth-order valence-electron chi connectivity index (χ4n) is 1.72. The van der Waals surface area contributed by atoms with Crippen LogP contribution in [0.25, 0.3) is 0 Å². The number of nitrogens with zero attached hydrogens (tertiary/aromatic N) is 1. The molecule has 0 spiro atoms. The molecule has 1 aliphatic heterocycles. The lowest BCUT2D eigenvalue weighted by atomic mass is 10.0. The van der Waals surface area contributed by atoms with E-state index in [2.05, 4.69) is 6.58 Å². The van der Waals surface area contributed by atoms with Crippen LogP contribution in [0.3, 0.4) is 0 Å². The molecular formula is C11H17NO2. The second kappa shape index (κ2) is 4.96. The van der Waals surface area contributed by atoms with Crippen LogP contribution in [-0.4, -0.2) is 28.1 Å². The molecule has 14 heavy (non-hydrogen) atoms. The van der Waals surface area contributed by atoms with Gasteiger partial charge in [0.1, 0.15) is 0 Å². The minimum Gasteiger partial charge on any atom is -0.393 e. The number of aliphatic hydroxyl groups is 1. The molecule has 1 rings (SSSR count).